The molecule has 0 spiro atoms. The lowest BCUT2D eigenvalue weighted by Gasteiger charge is -2.11. The molecule has 3 rings (SSSR count). The van der Waals surface area contributed by atoms with E-state index in [4.69, 9.17) is 11.6 Å². The number of hydrogen-bond acceptors (Lipinski definition) is 8. The van der Waals surface area contributed by atoms with E-state index >= 15 is 0 Å². The molecule has 0 saturated carbocycles. The molecule has 0 bridgehead atoms. The number of nitrogens with zero attached hydrogens (tertiary/aromatic N) is 4. The number of nitro groups is 2. The van der Waals surface area contributed by atoms with Crippen LogP contribution in [0.5, 0.6) is 0 Å². The standard InChI is InChI=1S/C18H13ClN4O8S/c1-9-16(18(24)12-7-10(19)3-5-14(12)23(27)28)17(21(2)20-9)13-8-11(22(25)26)4-6-15(13)32(29,30)31/h3-8H,1-2H3,(H,29,30,31). The monoisotopic (exact) mass is 480 g/mol. The zero-order valence-electron chi connectivity index (χ0n) is 16.3. The van der Waals surface area contributed by atoms with E-state index in [1.54, 1.807) is 0 Å². The van der Waals surface area contributed by atoms with Gasteiger partial charge in [0, 0.05) is 35.8 Å². The first kappa shape index (κ1) is 23.0. The van der Waals surface area contributed by atoms with Crippen LogP contribution in [0.1, 0.15) is 21.6 Å². The van der Waals surface area contributed by atoms with Crippen LogP contribution in [0.4, 0.5) is 11.4 Å². The first-order valence-electron chi connectivity index (χ1n) is 8.61. The fourth-order valence-electron chi connectivity index (χ4n) is 3.26. The summed E-state index contributed by atoms with van der Waals surface area (Å²) in [5, 5.41) is 26.8. The highest BCUT2D eigenvalue weighted by atomic mass is 35.5. The van der Waals surface area contributed by atoms with Crippen molar-refractivity contribution in [3.8, 4) is 11.3 Å². The van der Waals surface area contributed by atoms with Crippen LogP contribution >= 0.6 is 11.6 Å². The SMILES string of the molecule is Cc1nn(C)c(-c2cc([N+](=O)[O-])ccc2S(=O)(=O)O)c1C(=O)c1cc(Cl)ccc1[N+](=O)[O-]. The van der Waals surface area contributed by atoms with Crippen LogP contribution in [0.2, 0.25) is 5.02 Å². The van der Waals surface area contributed by atoms with Gasteiger partial charge in [-0.1, -0.05) is 11.6 Å². The number of aryl methyl sites for hydroxylation is 2. The molecule has 1 N–H and O–H groups in total. The van der Waals surface area contributed by atoms with Gasteiger partial charge in [-0.3, -0.25) is 34.3 Å². The number of carbonyl (C=O) groups is 1. The van der Waals surface area contributed by atoms with E-state index in [1.807, 2.05) is 0 Å². The normalized spacial score (nSPS) is 11.4. The summed E-state index contributed by atoms with van der Waals surface area (Å²) in [6.45, 7) is 1.40. The van der Waals surface area contributed by atoms with Gasteiger partial charge >= 0.3 is 0 Å². The largest absolute Gasteiger partial charge is 0.295 e. The number of benzene rings is 2. The number of rotatable bonds is 6. The molecule has 1 aromatic heterocycles. The van der Waals surface area contributed by atoms with Crippen molar-refractivity contribution in [2.75, 3.05) is 0 Å². The van der Waals surface area contributed by atoms with E-state index in [9.17, 15) is 38.0 Å². The average Bonchev–Trinajstić information content (AvgIpc) is 2.99. The lowest BCUT2D eigenvalue weighted by atomic mass is 9.96. The van der Waals surface area contributed by atoms with E-state index in [2.05, 4.69) is 5.10 Å². The smallest absolute Gasteiger partial charge is 0.288 e. The number of aromatic nitrogens is 2. The molecule has 0 atom stereocenters. The summed E-state index contributed by atoms with van der Waals surface area (Å²) in [5.41, 5.74) is -2.21. The maximum absolute atomic E-state index is 13.4. The Labute approximate surface area is 185 Å². The third kappa shape index (κ3) is 4.08. The van der Waals surface area contributed by atoms with Crippen molar-refractivity contribution in [2.45, 2.75) is 11.8 Å². The highest BCUT2D eigenvalue weighted by Gasteiger charge is 2.31. The van der Waals surface area contributed by atoms with Gasteiger partial charge in [0.2, 0.25) is 5.78 Å². The summed E-state index contributed by atoms with van der Waals surface area (Å²) in [5.74, 6) is -0.910. The number of non-ortho nitro benzene ring substituents is 1. The Bertz CT molecular complexity index is 1410. The van der Waals surface area contributed by atoms with Gasteiger partial charge in [-0.05, 0) is 25.1 Å². The molecular formula is C18H13ClN4O8S. The quantitative estimate of drug-likeness (QED) is 0.240. The average molecular weight is 481 g/mol. The summed E-state index contributed by atoms with van der Waals surface area (Å²) in [7, 11) is -3.53. The fourth-order valence-corrected chi connectivity index (χ4v) is 4.11. The zero-order valence-corrected chi connectivity index (χ0v) is 17.9. The van der Waals surface area contributed by atoms with Crippen LogP contribution in [-0.2, 0) is 17.2 Å². The maximum atomic E-state index is 13.4. The van der Waals surface area contributed by atoms with E-state index < -0.39 is 47.6 Å². The van der Waals surface area contributed by atoms with Gasteiger partial charge < -0.3 is 0 Å². The maximum Gasteiger partial charge on any atom is 0.295 e. The molecule has 0 aliphatic rings. The lowest BCUT2D eigenvalue weighted by molar-refractivity contribution is -0.385. The fraction of sp³-hybridized carbons (Fsp3) is 0.111. The highest BCUT2D eigenvalue weighted by Crippen LogP contribution is 2.36. The van der Waals surface area contributed by atoms with Crippen molar-refractivity contribution in [3.05, 3.63) is 78.5 Å². The Hall–Kier alpha value is -3.68. The van der Waals surface area contributed by atoms with Gasteiger partial charge in [0.1, 0.15) is 10.5 Å². The summed E-state index contributed by atoms with van der Waals surface area (Å²) in [6, 6.07) is 5.90. The molecular weight excluding hydrogens is 468 g/mol. The second-order valence-electron chi connectivity index (χ2n) is 6.59. The first-order valence-corrected chi connectivity index (χ1v) is 10.4. The molecule has 32 heavy (non-hydrogen) atoms. The predicted molar refractivity (Wildman–Crippen MR) is 111 cm³/mol. The van der Waals surface area contributed by atoms with Gasteiger partial charge in [0.15, 0.2) is 0 Å². The Balaban J connectivity index is 2.39. The van der Waals surface area contributed by atoms with Gasteiger partial charge in [-0.25, -0.2) is 0 Å². The molecule has 0 radical (unpaired) electrons. The topological polar surface area (TPSA) is 176 Å². The molecule has 0 amide bonds. The third-order valence-corrected chi connectivity index (χ3v) is 5.70. The van der Waals surface area contributed by atoms with Crippen molar-refractivity contribution in [1.82, 2.24) is 9.78 Å². The molecule has 0 saturated heterocycles. The first-order chi connectivity index (χ1) is 14.8. The minimum Gasteiger partial charge on any atom is -0.288 e. The Morgan fingerprint density at radius 2 is 1.78 bits per heavy atom. The third-order valence-electron chi connectivity index (χ3n) is 4.56. The highest BCUT2D eigenvalue weighted by molar-refractivity contribution is 7.86. The molecule has 0 unspecified atom stereocenters. The van der Waals surface area contributed by atoms with E-state index in [-0.39, 0.29) is 27.5 Å². The van der Waals surface area contributed by atoms with Gasteiger partial charge in [-0.2, -0.15) is 13.5 Å². The van der Waals surface area contributed by atoms with E-state index in [0.717, 1.165) is 35.0 Å². The predicted octanol–water partition coefficient (Wildman–Crippen LogP) is 3.34. The lowest BCUT2D eigenvalue weighted by Crippen LogP contribution is -2.10. The summed E-state index contributed by atoms with van der Waals surface area (Å²) >= 11 is 5.91. The minimum atomic E-state index is -4.87. The Morgan fingerprint density at radius 1 is 1.12 bits per heavy atom. The van der Waals surface area contributed by atoms with E-state index in [1.165, 1.54) is 20.0 Å². The second-order valence-corrected chi connectivity index (χ2v) is 8.42. The van der Waals surface area contributed by atoms with Crippen molar-refractivity contribution < 1.29 is 27.6 Å². The van der Waals surface area contributed by atoms with Crippen molar-refractivity contribution in [3.63, 3.8) is 0 Å². The van der Waals surface area contributed by atoms with Crippen molar-refractivity contribution in [2.24, 2.45) is 7.05 Å². The molecule has 12 nitrogen and oxygen atoms in total. The molecule has 166 valence electrons. The minimum absolute atomic E-state index is 0.0380. The van der Waals surface area contributed by atoms with Gasteiger partial charge in [0.05, 0.1) is 26.8 Å². The number of ketones is 1. The van der Waals surface area contributed by atoms with Crippen molar-refractivity contribution in [1.29, 1.82) is 0 Å². The molecule has 1 heterocycles. The van der Waals surface area contributed by atoms with Crippen LogP contribution in [-0.4, -0.2) is 38.4 Å². The van der Waals surface area contributed by atoms with Gasteiger partial charge in [-0.15, -0.1) is 0 Å². The number of hydrogen-bond donors (Lipinski definition) is 1. The van der Waals surface area contributed by atoms with Crippen molar-refractivity contribution >= 4 is 38.9 Å². The molecule has 0 aliphatic heterocycles. The summed E-state index contributed by atoms with van der Waals surface area (Å²) in [4.78, 5) is 33.8. The summed E-state index contributed by atoms with van der Waals surface area (Å²) < 4.78 is 34.6. The van der Waals surface area contributed by atoms with Crippen LogP contribution in [0.3, 0.4) is 0 Å². The van der Waals surface area contributed by atoms with Crippen LogP contribution in [0.15, 0.2) is 41.3 Å². The molecule has 3 aromatic rings. The molecule has 14 heteroatoms. The Morgan fingerprint density at radius 3 is 2.34 bits per heavy atom. The Kier molecular flexibility index (Phi) is 5.82. The van der Waals surface area contributed by atoms with Gasteiger partial charge in [0.25, 0.3) is 21.5 Å². The van der Waals surface area contributed by atoms with Crippen LogP contribution < -0.4 is 0 Å². The zero-order chi connectivity index (χ0) is 24.0. The van der Waals surface area contributed by atoms with E-state index in [0.29, 0.717) is 0 Å². The van der Waals surface area contributed by atoms with Crippen LogP contribution in [0, 0.1) is 27.2 Å². The number of nitro benzene ring substituents is 2. The molecule has 0 aliphatic carbocycles. The molecule has 0 fully saturated rings. The number of halogens is 1. The number of carbonyl (C=O) groups excluding carboxylic acids is 1. The second kappa shape index (κ2) is 8.11. The van der Waals surface area contributed by atoms with Crippen LogP contribution in [0.25, 0.3) is 11.3 Å². The molecule has 2 aromatic carbocycles. The summed E-state index contributed by atoms with van der Waals surface area (Å²) in [6.07, 6.45) is 0.